The zero-order valence-corrected chi connectivity index (χ0v) is 15.2. The van der Waals surface area contributed by atoms with Crippen molar-refractivity contribution in [3.8, 4) is 0 Å². The Kier molecular flexibility index (Phi) is 5.82. The van der Waals surface area contributed by atoms with E-state index in [4.69, 9.17) is 13.3 Å². The van der Waals surface area contributed by atoms with Crippen LogP contribution < -0.4 is 0 Å². The van der Waals surface area contributed by atoms with E-state index in [1.54, 1.807) is 0 Å². The summed E-state index contributed by atoms with van der Waals surface area (Å²) in [4.78, 5) is 0. The topological polar surface area (TPSA) is 65.1 Å². The molecule has 1 saturated heterocycles. The third-order valence-electron chi connectivity index (χ3n) is 3.96. The lowest BCUT2D eigenvalue weighted by atomic mass is 10.2. The van der Waals surface area contributed by atoms with Crippen LogP contribution in [0, 0.1) is 0 Å². The highest BCUT2D eigenvalue weighted by molar-refractivity contribution is 7.86. The van der Waals surface area contributed by atoms with Gasteiger partial charge in [-0.1, -0.05) is 20.8 Å². The van der Waals surface area contributed by atoms with Crippen molar-refractivity contribution in [2.45, 2.75) is 70.6 Å². The number of hydrogen-bond donors (Lipinski definition) is 0. The number of unbranched alkanes of at least 4 members (excludes halogenated alkanes) is 1. The molecular formula is C13H28O5SSi. The molecule has 0 aromatic rings. The van der Waals surface area contributed by atoms with E-state index in [9.17, 15) is 8.42 Å². The summed E-state index contributed by atoms with van der Waals surface area (Å²) in [5.74, 6) is 0. The Labute approximate surface area is 124 Å². The molecule has 5 nitrogen and oxygen atoms in total. The van der Waals surface area contributed by atoms with Gasteiger partial charge >= 0.3 is 0 Å². The second kappa shape index (κ2) is 6.44. The van der Waals surface area contributed by atoms with E-state index in [1.165, 1.54) is 0 Å². The van der Waals surface area contributed by atoms with Crippen molar-refractivity contribution in [3.05, 3.63) is 0 Å². The summed E-state index contributed by atoms with van der Waals surface area (Å²) in [6.45, 7) is 11.9. The van der Waals surface area contributed by atoms with E-state index >= 15 is 0 Å². The van der Waals surface area contributed by atoms with Gasteiger partial charge in [0.2, 0.25) is 6.29 Å². The molecule has 0 aliphatic carbocycles. The highest BCUT2D eigenvalue weighted by Gasteiger charge is 2.42. The molecule has 1 fully saturated rings. The first kappa shape index (κ1) is 18.1. The number of hydrogen-bond acceptors (Lipinski definition) is 5. The van der Waals surface area contributed by atoms with Crippen LogP contribution in [0.25, 0.3) is 0 Å². The molecule has 1 aliphatic heterocycles. The van der Waals surface area contributed by atoms with Crippen LogP contribution in [0.15, 0.2) is 0 Å². The molecule has 1 aliphatic rings. The Hall–Kier alpha value is 0.0469. The molecule has 1 heterocycles. The fraction of sp³-hybridized carbons (Fsp3) is 1.00. The van der Waals surface area contributed by atoms with Crippen LogP contribution in [-0.2, 0) is 23.5 Å². The lowest BCUT2D eigenvalue weighted by molar-refractivity contribution is 0.186. The van der Waals surface area contributed by atoms with E-state index in [2.05, 4.69) is 33.9 Å². The monoisotopic (exact) mass is 324 g/mol. The van der Waals surface area contributed by atoms with Crippen LogP contribution in [0.1, 0.15) is 40.0 Å². The van der Waals surface area contributed by atoms with Gasteiger partial charge in [-0.05, 0) is 37.4 Å². The number of ether oxygens (including phenoxy) is 1. The van der Waals surface area contributed by atoms with Crippen LogP contribution in [0.2, 0.25) is 18.1 Å². The molecule has 0 aromatic carbocycles. The van der Waals surface area contributed by atoms with Gasteiger partial charge < -0.3 is 9.16 Å². The van der Waals surface area contributed by atoms with Crippen LogP contribution >= 0.6 is 0 Å². The summed E-state index contributed by atoms with van der Waals surface area (Å²) >= 11 is 0. The van der Waals surface area contributed by atoms with Gasteiger partial charge in [-0.15, -0.1) is 0 Å². The SMILES string of the molecule is CC(C)(C)[Si](C)(C)OCCCC[C@H]1O[C@H]1OS(C)(=O)=O. The molecule has 2 atom stereocenters. The Morgan fingerprint density at radius 3 is 2.30 bits per heavy atom. The molecule has 0 bridgehead atoms. The normalized spacial score (nSPS) is 23.9. The smallest absolute Gasteiger partial charge is 0.266 e. The number of rotatable bonds is 8. The molecule has 0 saturated carbocycles. The first-order chi connectivity index (χ1) is 8.92. The van der Waals surface area contributed by atoms with Crippen LogP contribution in [0.4, 0.5) is 0 Å². The van der Waals surface area contributed by atoms with Gasteiger partial charge in [-0.2, -0.15) is 8.42 Å². The highest BCUT2D eigenvalue weighted by atomic mass is 32.2. The van der Waals surface area contributed by atoms with Gasteiger partial charge in [0.15, 0.2) is 8.32 Å². The molecule has 0 unspecified atom stereocenters. The molecular weight excluding hydrogens is 296 g/mol. The minimum Gasteiger partial charge on any atom is -0.417 e. The Morgan fingerprint density at radius 1 is 1.20 bits per heavy atom. The predicted octanol–water partition coefficient (Wildman–Crippen LogP) is 2.88. The second-order valence-corrected chi connectivity index (χ2v) is 13.4. The van der Waals surface area contributed by atoms with E-state index in [1.807, 2.05) is 0 Å². The van der Waals surface area contributed by atoms with Crippen molar-refractivity contribution in [2.75, 3.05) is 12.9 Å². The van der Waals surface area contributed by atoms with E-state index in [0.717, 1.165) is 32.1 Å². The molecule has 0 amide bonds. The van der Waals surface area contributed by atoms with E-state index in [0.29, 0.717) is 0 Å². The molecule has 120 valence electrons. The minimum atomic E-state index is -3.41. The van der Waals surface area contributed by atoms with Crippen molar-refractivity contribution >= 4 is 18.4 Å². The standard InChI is InChI=1S/C13H28O5SSi/c1-13(2,3)20(5,6)16-10-8-7-9-11-12(17-11)18-19(4,14)15/h11-12H,7-10H2,1-6H3/t11-,12+/m1/s1. The molecule has 0 radical (unpaired) electrons. The summed E-state index contributed by atoms with van der Waals surface area (Å²) < 4.78 is 37.8. The average Bonchev–Trinajstić information content (AvgIpc) is 2.91. The van der Waals surface area contributed by atoms with Gasteiger partial charge in [-0.3, -0.25) is 0 Å². The summed E-state index contributed by atoms with van der Waals surface area (Å²) in [7, 11) is -5.06. The lowest BCUT2D eigenvalue weighted by Crippen LogP contribution is -2.40. The highest BCUT2D eigenvalue weighted by Crippen LogP contribution is 2.36. The molecule has 0 N–H and O–H groups in total. The fourth-order valence-electron chi connectivity index (χ4n) is 1.58. The molecule has 0 spiro atoms. The zero-order valence-electron chi connectivity index (χ0n) is 13.4. The van der Waals surface area contributed by atoms with Crippen LogP contribution in [0.5, 0.6) is 0 Å². The van der Waals surface area contributed by atoms with Gasteiger partial charge in [0.25, 0.3) is 10.1 Å². The van der Waals surface area contributed by atoms with Crippen molar-refractivity contribution in [1.82, 2.24) is 0 Å². The van der Waals surface area contributed by atoms with Crippen LogP contribution in [0.3, 0.4) is 0 Å². The summed E-state index contributed by atoms with van der Waals surface area (Å²) in [5, 5.41) is 0.237. The Morgan fingerprint density at radius 2 is 1.80 bits per heavy atom. The van der Waals surface area contributed by atoms with Crippen molar-refractivity contribution < 1.29 is 21.8 Å². The maximum atomic E-state index is 10.9. The first-order valence-corrected chi connectivity index (χ1v) is 11.8. The minimum absolute atomic E-state index is 0.0717. The maximum absolute atomic E-state index is 10.9. The maximum Gasteiger partial charge on any atom is 0.266 e. The lowest BCUT2D eigenvalue weighted by Gasteiger charge is -2.36. The van der Waals surface area contributed by atoms with Crippen molar-refractivity contribution in [2.24, 2.45) is 0 Å². The molecule has 7 heteroatoms. The summed E-state index contributed by atoms with van der Waals surface area (Å²) in [5.41, 5.74) is 0. The van der Waals surface area contributed by atoms with Gasteiger partial charge in [0.05, 0.1) is 6.26 Å². The quantitative estimate of drug-likeness (QED) is 0.297. The largest absolute Gasteiger partial charge is 0.417 e. The average molecular weight is 325 g/mol. The molecule has 20 heavy (non-hydrogen) atoms. The third-order valence-corrected chi connectivity index (χ3v) is 9.04. The summed E-state index contributed by atoms with van der Waals surface area (Å²) in [6.07, 6.45) is 3.16. The molecule has 1 rings (SSSR count). The van der Waals surface area contributed by atoms with Crippen molar-refractivity contribution in [1.29, 1.82) is 0 Å². The van der Waals surface area contributed by atoms with E-state index in [-0.39, 0.29) is 11.1 Å². The van der Waals surface area contributed by atoms with Crippen molar-refractivity contribution in [3.63, 3.8) is 0 Å². The summed E-state index contributed by atoms with van der Waals surface area (Å²) in [6, 6.07) is 0. The van der Waals surface area contributed by atoms with E-state index < -0.39 is 24.7 Å². The Bertz CT molecular complexity index is 413. The Balaban J connectivity index is 2.10. The van der Waals surface area contributed by atoms with Gasteiger partial charge in [0.1, 0.15) is 6.10 Å². The number of epoxide rings is 1. The first-order valence-electron chi connectivity index (χ1n) is 7.10. The molecule has 0 aromatic heterocycles. The zero-order chi connectivity index (χ0) is 15.6. The van der Waals surface area contributed by atoms with Crippen LogP contribution in [-0.4, -0.2) is 42.0 Å². The second-order valence-electron chi connectivity index (χ2n) is 6.95. The predicted molar refractivity (Wildman–Crippen MR) is 81.6 cm³/mol. The third kappa shape index (κ3) is 6.22. The van der Waals surface area contributed by atoms with Gasteiger partial charge in [-0.25, -0.2) is 4.18 Å². The van der Waals surface area contributed by atoms with Gasteiger partial charge in [0, 0.05) is 6.61 Å². The fourth-order valence-corrected chi connectivity index (χ4v) is 3.18.